The summed E-state index contributed by atoms with van der Waals surface area (Å²) in [4.78, 5) is 25.1. The van der Waals surface area contributed by atoms with Crippen LogP contribution in [0.25, 0.3) is 0 Å². The van der Waals surface area contributed by atoms with E-state index in [4.69, 9.17) is 23.2 Å². The number of carbonyl (C=O) groups excluding carboxylic acids is 2. The number of carbonyl (C=O) groups is 2. The van der Waals surface area contributed by atoms with Gasteiger partial charge < -0.3 is 15.5 Å². The number of nitrogens with one attached hydrogen (secondary N) is 2. The van der Waals surface area contributed by atoms with E-state index in [0.29, 0.717) is 10.0 Å². The number of rotatable bonds is 6. The quantitative estimate of drug-likeness (QED) is 0.462. The number of nitrogens with zero attached hydrogens (tertiary/aromatic N) is 1. The molecule has 2 N–H and O–H groups in total. The first-order valence-electron chi connectivity index (χ1n) is 12.8. The molecular formula is C27H34Cl2F3N3O4S. The van der Waals surface area contributed by atoms with Crippen LogP contribution in [0.15, 0.2) is 42.5 Å². The molecular weight excluding hydrogens is 590 g/mol. The second-order valence-corrected chi connectivity index (χ2v) is 12.5. The Kier molecular flexibility index (Phi) is 13.2. The van der Waals surface area contributed by atoms with Gasteiger partial charge in [-0.25, -0.2) is 8.42 Å². The van der Waals surface area contributed by atoms with Crippen LogP contribution in [-0.2, 0) is 20.8 Å². The molecule has 0 unspecified atom stereocenters. The van der Waals surface area contributed by atoms with Crippen LogP contribution in [0.5, 0.6) is 0 Å². The van der Waals surface area contributed by atoms with Crippen LogP contribution in [0.2, 0.25) is 10.0 Å². The number of amides is 2. The molecule has 1 saturated heterocycles. The van der Waals surface area contributed by atoms with Gasteiger partial charge in [-0.3, -0.25) is 9.59 Å². The molecule has 2 fully saturated rings. The molecule has 1 heterocycles. The zero-order chi connectivity index (χ0) is 29.9. The normalized spacial score (nSPS) is 16.1. The smallest absolute Gasteiger partial charge is 0.343 e. The van der Waals surface area contributed by atoms with Gasteiger partial charge in [0, 0.05) is 18.7 Å². The van der Waals surface area contributed by atoms with Crippen LogP contribution in [-0.4, -0.2) is 69.9 Å². The van der Waals surface area contributed by atoms with Gasteiger partial charge in [-0.05, 0) is 80.7 Å². The highest BCUT2D eigenvalue weighted by Crippen LogP contribution is 2.41. The van der Waals surface area contributed by atoms with Gasteiger partial charge >= 0.3 is 6.18 Å². The predicted octanol–water partition coefficient (Wildman–Crippen LogP) is 5.18. The van der Waals surface area contributed by atoms with Crippen LogP contribution in [0, 0.1) is 0 Å². The lowest BCUT2D eigenvalue weighted by atomic mass is 10.1. The third-order valence-corrected chi connectivity index (χ3v) is 8.41. The lowest BCUT2D eigenvalue weighted by Crippen LogP contribution is -2.47. The van der Waals surface area contributed by atoms with Gasteiger partial charge in [-0.1, -0.05) is 36.2 Å². The molecule has 7 nitrogen and oxygen atoms in total. The third-order valence-electron chi connectivity index (χ3n) is 6.06. The van der Waals surface area contributed by atoms with Crippen LogP contribution in [0.3, 0.4) is 0 Å². The molecule has 0 atom stereocenters. The minimum atomic E-state index is -4.49. The molecule has 0 bridgehead atoms. The molecule has 0 radical (unpaired) electrons. The van der Waals surface area contributed by atoms with E-state index in [1.807, 2.05) is 19.2 Å². The van der Waals surface area contributed by atoms with Crippen LogP contribution >= 0.6 is 23.2 Å². The SMILES string of the molecule is CCCNC.Clc1ccc(C2CC2)cc1Cl.O=C(NCC(=O)N1CCS(=O)(=O)CC1)c1ccc(C(F)(F)F)cc1. The van der Waals surface area contributed by atoms with E-state index in [-0.39, 0.29) is 36.7 Å². The zero-order valence-corrected chi connectivity index (χ0v) is 24.7. The third kappa shape index (κ3) is 11.6. The van der Waals surface area contributed by atoms with Crippen molar-refractivity contribution in [3.8, 4) is 0 Å². The summed E-state index contributed by atoms with van der Waals surface area (Å²) in [5.74, 6) is -0.603. The number of alkyl halides is 3. The van der Waals surface area contributed by atoms with Gasteiger partial charge in [0.2, 0.25) is 5.91 Å². The predicted molar refractivity (Wildman–Crippen MR) is 152 cm³/mol. The fraction of sp³-hybridized carbons (Fsp3) is 0.481. The van der Waals surface area contributed by atoms with E-state index in [1.165, 1.54) is 29.7 Å². The van der Waals surface area contributed by atoms with Gasteiger partial charge in [0.1, 0.15) is 0 Å². The maximum atomic E-state index is 12.4. The Balaban J connectivity index is 0.000000286. The summed E-state index contributed by atoms with van der Waals surface area (Å²) in [5.41, 5.74) is 0.459. The minimum Gasteiger partial charge on any atom is -0.343 e. The highest BCUT2D eigenvalue weighted by atomic mass is 35.5. The van der Waals surface area contributed by atoms with Crippen molar-refractivity contribution in [2.45, 2.75) is 38.3 Å². The maximum Gasteiger partial charge on any atom is 0.416 e. The number of hydrogen-bond donors (Lipinski definition) is 2. The molecule has 2 aliphatic rings. The highest BCUT2D eigenvalue weighted by Gasteiger charge is 2.30. The first-order valence-corrected chi connectivity index (χ1v) is 15.4. The summed E-state index contributed by atoms with van der Waals surface area (Å²) in [6, 6.07) is 9.52. The van der Waals surface area contributed by atoms with Crippen molar-refractivity contribution in [3.63, 3.8) is 0 Å². The van der Waals surface area contributed by atoms with Gasteiger partial charge in [-0.15, -0.1) is 0 Å². The van der Waals surface area contributed by atoms with Gasteiger partial charge in [0.15, 0.2) is 9.84 Å². The van der Waals surface area contributed by atoms with Crippen molar-refractivity contribution in [1.29, 1.82) is 0 Å². The summed E-state index contributed by atoms with van der Waals surface area (Å²) in [7, 11) is -1.15. The Labute approximate surface area is 243 Å². The molecule has 1 saturated carbocycles. The Morgan fingerprint density at radius 2 is 1.60 bits per heavy atom. The van der Waals surface area contributed by atoms with Crippen LogP contribution in [0.1, 0.15) is 53.6 Å². The second-order valence-electron chi connectivity index (χ2n) is 9.34. The lowest BCUT2D eigenvalue weighted by molar-refractivity contribution is -0.137. The van der Waals surface area contributed by atoms with E-state index in [9.17, 15) is 31.2 Å². The number of sulfone groups is 1. The van der Waals surface area contributed by atoms with Crippen molar-refractivity contribution in [1.82, 2.24) is 15.5 Å². The Morgan fingerprint density at radius 1 is 1.00 bits per heavy atom. The molecule has 2 amide bonds. The van der Waals surface area contributed by atoms with Crippen molar-refractivity contribution in [2.75, 3.05) is 44.7 Å². The van der Waals surface area contributed by atoms with E-state index >= 15 is 0 Å². The molecule has 1 aliphatic heterocycles. The molecule has 2 aromatic carbocycles. The summed E-state index contributed by atoms with van der Waals surface area (Å²) in [6.07, 6.45) is -0.647. The maximum absolute atomic E-state index is 12.4. The summed E-state index contributed by atoms with van der Waals surface area (Å²) >= 11 is 11.6. The van der Waals surface area contributed by atoms with Gasteiger partial charge in [0.25, 0.3) is 5.91 Å². The van der Waals surface area contributed by atoms with Crippen molar-refractivity contribution < 1.29 is 31.2 Å². The summed E-state index contributed by atoms with van der Waals surface area (Å²) in [5, 5.41) is 6.66. The number of benzene rings is 2. The summed E-state index contributed by atoms with van der Waals surface area (Å²) < 4.78 is 59.9. The molecule has 13 heteroatoms. The second kappa shape index (κ2) is 15.6. The van der Waals surface area contributed by atoms with Crippen molar-refractivity contribution >= 4 is 44.9 Å². The fourth-order valence-corrected chi connectivity index (χ4v) is 5.08. The average Bonchev–Trinajstić information content (AvgIpc) is 3.75. The Bertz CT molecular complexity index is 1220. The first-order chi connectivity index (χ1) is 18.8. The van der Waals surface area contributed by atoms with E-state index in [2.05, 4.69) is 23.6 Å². The summed E-state index contributed by atoms with van der Waals surface area (Å²) in [6.45, 7) is 3.07. The molecule has 0 spiro atoms. The molecule has 40 heavy (non-hydrogen) atoms. The molecule has 0 aromatic heterocycles. The number of hydrogen-bond acceptors (Lipinski definition) is 5. The standard InChI is InChI=1S/C14H15F3N2O4S.C9H8Cl2.C4H11N/c15-14(16,17)11-3-1-10(2-4-11)13(21)18-9-12(20)19-5-7-24(22,23)8-6-19;10-8-4-3-7(5-9(8)11)6-1-2-6;1-3-4-5-2/h1-4H,5-9H2,(H,18,21);3-6H,1-2H2;5H,3-4H2,1-2H3. The zero-order valence-electron chi connectivity index (χ0n) is 22.4. The lowest BCUT2D eigenvalue weighted by Gasteiger charge is -2.26. The van der Waals surface area contributed by atoms with Crippen molar-refractivity contribution in [2.24, 2.45) is 0 Å². The Hall–Kier alpha value is -2.34. The van der Waals surface area contributed by atoms with Gasteiger partial charge in [-0.2, -0.15) is 13.2 Å². The first kappa shape index (κ1) is 33.9. The fourth-order valence-electron chi connectivity index (χ4n) is 3.58. The van der Waals surface area contributed by atoms with Crippen LogP contribution < -0.4 is 10.6 Å². The van der Waals surface area contributed by atoms with E-state index < -0.39 is 33.4 Å². The van der Waals surface area contributed by atoms with Crippen LogP contribution in [0.4, 0.5) is 13.2 Å². The van der Waals surface area contributed by atoms with Crippen molar-refractivity contribution in [3.05, 3.63) is 69.2 Å². The molecule has 1 aliphatic carbocycles. The molecule has 222 valence electrons. The average molecular weight is 625 g/mol. The Morgan fingerprint density at radius 3 is 2.05 bits per heavy atom. The van der Waals surface area contributed by atoms with E-state index in [1.54, 1.807) is 0 Å². The van der Waals surface area contributed by atoms with Gasteiger partial charge in [0.05, 0.1) is 33.7 Å². The molecule has 4 rings (SSSR count). The highest BCUT2D eigenvalue weighted by molar-refractivity contribution is 7.91. The monoisotopic (exact) mass is 623 g/mol. The number of halogens is 5. The van der Waals surface area contributed by atoms with E-state index in [0.717, 1.165) is 36.7 Å². The molecule has 2 aromatic rings. The topological polar surface area (TPSA) is 95.6 Å². The largest absolute Gasteiger partial charge is 0.416 e. The minimum absolute atomic E-state index is 0.00276.